The van der Waals surface area contributed by atoms with Gasteiger partial charge in [-0.2, -0.15) is 0 Å². The Morgan fingerprint density at radius 2 is 1.96 bits per heavy atom. The van der Waals surface area contributed by atoms with Crippen molar-refractivity contribution in [2.45, 2.75) is 32.6 Å². The van der Waals surface area contributed by atoms with E-state index < -0.39 is 0 Å². The highest BCUT2D eigenvalue weighted by atomic mass is 127. The fourth-order valence-electron chi connectivity index (χ4n) is 3.15. The highest BCUT2D eigenvalue weighted by Crippen LogP contribution is 2.21. The van der Waals surface area contributed by atoms with Crippen LogP contribution in [0.3, 0.4) is 0 Å². The molecule has 1 saturated heterocycles. The summed E-state index contributed by atoms with van der Waals surface area (Å²) in [6.07, 6.45) is 4.72. The van der Waals surface area contributed by atoms with Crippen molar-refractivity contribution in [2.24, 2.45) is 10.9 Å². The number of ether oxygens (including phenoxy) is 1. The molecule has 1 N–H and O–H groups in total. The lowest BCUT2D eigenvalue weighted by molar-refractivity contribution is 0.145. The van der Waals surface area contributed by atoms with Crippen LogP contribution < -0.4 is 5.32 Å². The van der Waals surface area contributed by atoms with E-state index >= 15 is 0 Å². The van der Waals surface area contributed by atoms with Crippen LogP contribution >= 0.6 is 24.0 Å². The number of piperidine rings is 1. The van der Waals surface area contributed by atoms with E-state index in [0.717, 1.165) is 51.1 Å². The van der Waals surface area contributed by atoms with Gasteiger partial charge < -0.3 is 15.0 Å². The fourth-order valence-corrected chi connectivity index (χ4v) is 3.15. The summed E-state index contributed by atoms with van der Waals surface area (Å²) in [4.78, 5) is 6.82. The quantitative estimate of drug-likeness (QED) is 0.302. The van der Waals surface area contributed by atoms with Gasteiger partial charge >= 0.3 is 0 Å². The van der Waals surface area contributed by atoms with Crippen LogP contribution in [0.1, 0.15) is 31.7 Å². The molecule has 5 heteroatoms. The number of rotatable bonds is 7. The molecule has 4 nitrogen and oxygen atoms in total. The van der Waals surface area contributed by atoms with Crippen LogP contribution in [-0.4, -0.2) is 50.8 Å². The van der Waals surface area contributed by atoms with E-state index in [1.807, 2.05) is 14.0 Å². The molecule has 0 unspecified atom stereocenters. The number of benzene rings is 1. The Balaban J connectivity index is 0.00000288. The van der Waals surface area contributed by atoms with Crippen LogP contribution in [0.2, 0.25) is 0 Å². The van der Waals surface area contributed by atoms with E-state index in [0.29, 0.717) is 0 Å². The van der Waals surface area contributed by atoms with Gasteiger partial charge in [-0.25, -0.2) is 0 Å². The van der Waals surface area contributed by atoms with Crippen LogP contribution in [0.4, 0.5) is 0 Å². The van der Waals surface area contributed by atoms with Crippen molar-refractivity contribution >= 4 is 29.9 Å². The van der Waals surface area contributed by atoms with E-state index in [1.165, 1.54) is 24.8 Å². The molecule has 0 spiro atoms. The Hall–Kier alpha value is -0.820. The number of hydrogen-bond donors (Lipinski definition) is 1. The van der Waals surface area contributed by atoms with Gasteiger partial charge in [0.25, 0.3) is 0 Å². The predicted molar refractivity (Wildman–Crippen MR) is 112 cm³/mol. The second-order valence-corrected chi connectivity index (χ2v) is 6.14. The van der Waals surface area contributed by atoms with Crippen molar-refractivity contribution in [3.63, 3.8) is 0 Å². The first-order chi connectivity index (χ1) is 11.3. The molecule has 0 atom stereocenters. The van der Waals surface area contributed by atoms with Crippen molar-refractivity contribution in [1.29, 1.82) is 0 Å². The molecule has 1 aliphatic heterocycles. The van der Waals surface area contributed by atoms with Gasteiger partial charge in [-0.1, -0.05) is 30.3 Å². The third kappa shape index (κ3) is 7.38. The van der Waals surface area contributed by atoms with Crippen LogP contribution in [0.5, 0.6) is 0 Å². The summed E-state index contributed by atoms with van der Waals surface area (Å²) in [5.41, 5.74) is 1.46. The van der Waals surface area contributed by atoms with E-state index in [-0.39, 0.29) is 24.0 Å². The molecule has 1 heterocycles. The normalized spacial score (nSPS) is 15.9. The van der Waals surface area contributed by atoms with E-state index in [4.69, 9.17) is 4.74 Å². The maximum Gasteiger partial charge on any atom is 0.193 e. The highest BCUT2D eigenvalue weighted by molar-refractivity contribution is 14.0. The summed E-state index contributed by atoms with van der Waals surface area (Å²) in [6, 6.07) is 10.8. The first kappa shape index (κ1) is 21.2. The number of guanidine groups is 1. The Kier molecular flexibility index (Phi) is 11.1. The summed E-state index contributed by atoms with van der Waals surface area (Å²) >= 11 is 0. The Bertz CT molecular complexity index is 459. The first-order valence-electron chi connectivity index (χ1n) is 8.90. The van der Waals surface area contributed by atoms with Crippen molar-refractivity contribution in [3.8, 4) is 0 Å². The number of nitrogens with one attached hydrogen (secondary N) is 1. The minimum Gasteiger partial charge on any atom is -0.382 e. The lowest BCUT2D eigenvalue weighted by Crippen LogP contribution is -2.46. The zero-order valence-corrected chi connectivity index (χ0v) is 17.4. The van der Waals surface area contributed by atoms with Gasteiger partial charge in [0.05, 0.1) is 0 Å². The molecule has 24 heavy (non-hydrogen) atoms. The van der Waals surface area contributed by atoms with Gasteiger partial charge in [-0.05, 0) is 44.1 Å². The summed E-state index contributed by atoms with van der Waals surface area (Å²) in [5, 5.41) is 3.46. The number of halogens is 1. The third-order valence-corrected chi connectivity index (χ3v) is 4.45. The lowest BCUT2D eigenvalue weighted by atomic mass is 9.90. The van der Waals surface area contributed by atoms with Gasteiger partial charge in [0, 0.05) is 39.9 Å². The predicted octanol–water partition coefficient (Wildman–Crippen LogP) is 3.56. The maximum absolute atomic E-state index is 5.37. The standard InChI is InChI=1S/C19H31N3O.HI/c1-3-23-15-7-12-21-19(20-2)22-13-10-18(11-14-22)16-17-8-5-4-6-9-17;/h4-6,8-9,18H,3,7,10-16H2,1-2H3,(H,20,21);1H. The molecule has 0 radical (unpaired) electrons. The summed E-state index contributed by atoms with van der Waals surface area (Å²) in [5.74, 6) is 1.84. The van der Waals surface area contributed by atoms with Crippen molar-refractivity contribution < 1.29 is 4.74 Å². The molecule has 0 saturated carbocycles. The SMILES string of the molecule is CCOCCCNC(=NC)N1CCC(Cc2ccccc2)CC1.I. The summed E-state index contributed by atoms with van der Waals surface area (Å²) in [6.45, 7) is 6.77. The average Bonchev–Trinajstić information content (AvgIpc) is 2.60. The van der Waals surface area contributed by atoms with Crippen molar-refractivity contribution in [1.82, 2.24) is 10.2 Å². The first-order valence-corrected chi connectivity index (χ1v) is 8.90. The molecule has 1 aliphatic rings. The highest BCUT2D eigenvalue weighted by Gasteiger charge is 2.21. The number of nitrogens with zero attached hydrogens (tertiary/aromatic N) is 2. The van der Waals surface area contributed by atoms with Gasteiger partial charge in [0.15, 0.2) is 5.96 Å². The van der Waals surface area contributed by atoms with E-state index in [1.54, 1.807) is 0 Å². The molecule has 0 aliphatic carbocycles. The van der Waals surface area contributed by atoms with Crippen LogP contribution in [0.15, 0.2) is 35.3 Å². The molecule has 1 aromatic rings. The second kappa shape index (κ2) is 12.5. The third-order valence-electron chi connectivity index (χ3n) is 4.45. The van der Waals surface area contributed by atoms with E-state index in [9.17, 15) is 0 Å². The van der Waals surface area contributed by atoms with E-state index in [2.05, 4.69) is 45.5 Å². The molecule has 0 bridgehead atoms. The van der Waals surface area contributed by atoms with Gasteiger partial charge in [-0.3, -0.25) is 4.99 Å². The van der Waals surface area contributed by atoms with Crippen LogP contribution in [0.25, 0.3) is 0 Å². The second-order valence-electron chi connectivity index (χ2n) is 6.14. The molecule has 2 rings (SSSR count). The summed E-state index contributed by atoms with van der Waals surface area (Å²) in [7, 11) is 1.88. The molecule has 1 fully saturated rings. The van der Waals surface area contributed by atoms with Gasteiger partial charge in [0.2, 0.25) is 0 Å². The van der Waals surface area contributed by atoms with Crippen molar-refractivity contribution in [2.75, 3.05) is 39.9 Å². The topological polar surface area (TPSA) is 36.9 Å². The lowest BCUT2D eigenvalue weighted by Gasteiger charge is -2.34. The Labute approximate surface area is 164 Å². The molecular weight excluding hydrogens is 413 g/mol. The maximum atomic E-state index is 5.37. The molecule has 1 aromatic carbocycles. The molecule has 136 valence electrons. The van der Waals surface area contributed by atoms with Crippen LogP contribution in [0, 0.1) is 5.92 Å². The Morgan fingerprint density at radius 1 is 1.25 bits per heavy atom. The van der Waals surface area contributed by atoms with Crippen LogP contribution in [-0.2, 0) is 11.2 Å². The zero-order valence-electron chi connectivity index (χ0n) is 15.0. The molecule has 0 aromatic heterocycles. The summed E-state index contributed by atoms with van der Waals surface area (Å²) < 4.78 is 5.37. The van der Waals surface area contributed by atoms with Gasteiger partial charge in [0.1, 0.15) is 0 Å². The number of aliphatic imine (C=N–C) groups is 1. The molecule has 0 amide bonds. The van der Waals surface area contributed by atoms with Gasteiger partial charge in [-0.15, -0.1) is 24.0 Å². The van der Waals surface area contributed by atoms with Crippen molar-refractivity contribution in [3.05, 3.63) is 35.9 Å². The minimum absolute atomic E-state index is 0. The molecular formula is C19H32IN3O. The Morgan fingerprint density at radius 3 is 2.58 bits per heavy atom. The number of hydrogen-bond acceptors (Lipinski definition) is 2. The number of likely N-dealkylation sites (tertiary alicyclic amines) is 1. The smallest absolute Gasteiger partial charge is 0.193 e. The minimum atomic E-state index is 0. The fraction of sp³-hybridized carbons (Fsp3) is 0.632. The average molecular weight is 445 g/mol. The zero-order chi connectivity index (χ0) is 16.3. The monoisotopic (exact) mass is 445 g/mol. The largest absolute Gasteiger partial charge is 0.382 e.